The van der Waals surface area contributed by atoms with Crippen molar-refractivity contribution in [2.24, 2.45) is 5.73 Å². The van der Waals surface area contributed by atoms with Crippen molar-refractivity contribution in [1.82, 2.24) is 5.32 Å². The third-order valence-corrected chi connectivity index (χ3v) is 7.84. The molecular weight excluding hydrogens is 549 g/mol. The van der Waals surface area contributed by atoms with Crippen molar-refractivity contribution in [1.29, 1.82) is 0 Å². The van der Waals surface area contributed by atoms with E-state index in [1.54, 1.807) is 18.2 Å². The molecule has 1 aromatic carbocycles. The van der Waals surface area contributed by atoms with Gasteiger partial charge in [-0.2, -0.15) is 0 Å². The fraction of sp³-hybridized carbons (Fsp3) is 0.400. The van der Waals surface area contributed by atoms with Crippen molar-refractivity contribution in [3.05, 3.63) is 50.2 Å². The van der Waals surface area contributed by atoms with Crippen LogP contribution >= 0.6 is 33.9 Å². The van der Waals surface area contributed by atoms with Crippen LogP contribution in [0, 0.1) is 10.1 Å². The van der Waals surface area contributed by atoms with E-state index in [0.717, 1.165) is 15.7 Å². The Morgan fingerprint density at radius 1 is 1.34 bits per heavy atom. The number of hydrogen-bond donors (Lipinski definition) is 2. The van der Waals surface area contributed by atoms with E-state index in [4.69, 9.17) is 10.5 Å². The molecule has 2 aliphatic heterocycles. The van der Waals surface area contributed by atoms with Crippen LogP contribution in [0.1, 0.15) is 21.0 Å². The zero-order chi connectivity index (χ0) is 22.8. The van der Waals surface area contributed by atoms with Gasteiger partial charge in [0.15, 0.2) is 0 Å². The van der Waals surface area contributed by atoms with E-state index in [1.807, 2.05) is 11.0 Å². The number of nitrogens with two attached hydrogens (primary N) is 1. The van der Waals surface area contributed by atoms with E-state index in [2.05, 4.69) is 27.9 Å². The zero-order valence-corrected chi connectivity index (χ0v) is 20.0. The predicted octanol–water partition coefficient (Wildman–Crippen LogP) is 2.88. The Kier molecular flexibility index (Phi) is 6.81. The molecule has 3 heterocycles. The summed E-state index contributed by atoms with van der Waals surface area (Å²) < 4.78 is 6.20. The summed E-state index contributed by atoms with van der Waals surface area (Å²) in [5.74, 6) is -0.218. The number of rotatable bonds is 7. The lowest BCUT2D eigenvalue weighted by Gasteiger charge is -2.20. The predicted molar refractivity (Wildman–Crippen MR) is 130 cm³/mol. The Morgan fingerprint density at radius 3 is 2.81 bits per heavy atom. The van der Waals surface area contributed by atoms with Gasteiger partial charge in [0.05, 0.1) is 28.6 Å². The van der Waals surface area contributed by atoms with Gasteiger partial charge in [-0.05, 0) is 30.7 Å². The quantitative estimate of drug-likeness (QED) is 0.226. The van der Waals surface area contributed by atoms with Gasteiger partial charge < -0.3 is 20.7 Å². The van der Waals surface area contributed by atoms with Crippen LogP contribution in [0.5, 0.6) is 0 Å². The van der Waals surface area contributed by atoms with Crippen molar-refractivity contribution in [3.63, 3.8) is 0 Å². The SMILES string of the molecule is NC1CCN(c2ccc(N3CC(CNC(=O)c4ccc(CI)s4)OC3=O)cc2[N+](=O)[O-])C1. The minimum absolute atomic E-state index is 0.0128. The number of amides is 2. The maximum absolute atomic E-state index is 12.4. The summed E-state index contributed by atoms with van der Waals surface area (Å²) >= 11 is 3.66. The summed E-state index contributed by atoms with van der Waals surface area (Å²) in [5.41, 5.74) is 6.73. The Morgan fingerprint density at radius 2 is 2.16 bits per heavy atom. The van der Waals surface area contributed by atoms with E-state index in [9.17, 15) is 19.7 Å². The second-order valence-corrected chi connectivity index (χ2v) is 9.58. The van der Waals surface area contributed by atoms with Crippen LogP contribution in [0.3, 0.4) is 0 Å². The van der Waals surface area contributed by atoms with Crippen molar-refractivity contribution >= 4 is 63.0 Å². The van der Waals surface area contributed by atoms with E-state index < -0.39 is 17.1 Å². The van der Waals surface area contributed by atoms with Crippen molar-refractivity contribution in [2.75, 3.05) is 36.0 Å². The van der Waals surface area contributed by atoms with E-state index >= 15 is 0 Å². The molecule has 2 aliphatic rings. The first-order valence-electron chi connectivity index (χ1n) is 10.1. The van der Waals surface area contributed by atoms with E-state index in [0.29, 0.717) is 29.3 Å². The topological polar surface area (TPSA) is 131 Å². The van der Waals surface area contributed by atoms with Gasteiger partial charge in [-0.25, -0.2) is 4.79 Å². The molecule has 170 valence electrons. The third-order valence-electron chi connectivity index (χ3n) is 5.41. The standard InChI is InChI=1S/C20H22IN5O5S/c21-8-15-2-4-18(32-15)19(27)23-9-14-11-25(20(28)31-14)13-1-3-16(17(7-13)26(29)30)24-6-5-12(22)10-24/h1-4,7,12,14H,5-6,8-11,22H2,(H,23,27). The molecule has 0 aliphatic carbocycles. The van der Waals surface area contributed by atoms with Gasteiger partial charge in [0.1, 0.15) is 11.8 Å². The molecule has 0 spiro atoms. The summed E-state index contributed by atoms with van der Waals surface area (Å²) in [6.07, 6.45) is -0.376. The Bertz CT molecular complexity index is 1050. The first-order valence-corrected chi connectivity index (χ1v) is 12.4. The second-order valence-electron chi connectivity index (χ2n) is 7.65. The van der Waals surface area contributed by atoms with Gasteiger partial charge >= 0.3 is 6.09 Å². The molecule has 2 unspecified atom stereocenters. The summed E-state index contributed by atoms with van der Waals surface area (Å²) in [7, 11) is 0. The first kappa shape index (κ1) is 22.7. The maximum Gasteiger partial charge on any atom is 0.414 e. The largest absolute Gasteiger partial charge is 0.442 e. The molecule has 0 bridgehead atoms. The highest BCUT2D eigenvalue weighted by atomic mass is 127. The summed E-state index contributed by atoms with van der Waals surface area (Å²) in [6, 6.07) is 8.38. The van der Waals surface area contributed by atoms with Crippen LogP contribution in [-0.2, 0) is 9.16 Å². The lowest BCUT2D eigenvalue weighted by atomic mass is 10.2. The molecule has 3 N–H and O–H groups in total. The number of nitro groups is 1. The average molecular weight is 571 g/mol. The fourth-order valence-corrected chi connectivity index (χ4v) is 5.30. The van der Waals surface area contributed by atoms with Gasteiger partial charge in [0.2, 0.25) is 0 Å². The van der Waals surface area contributed by atoms with Gasteiger partial charge in [0.25, 0.3) is 11.6 Å². The third kappa shape index (κ3) is 4.81. The number of benzene rings is 1. The summed E-state index contributed by atoms with van der Waals surface area (Å²) in [6.45, 7) is 1.55. The average Bonchev–Trinajstić information content (AvgIpc) is 3.51. The van der Waals surface area contributed by atoms with Gasteiger partial charge in [0, 0.05) is 34.5 Å². The number of nitro benzene ring substituents is 1. The zero-order valence-electron chi connectivity index (χ0n) is 17.0. The molecule has 12 heteroatoms. The normalized spacial score (nSPS) is 20.5. The lowest BCUT2D eigenvalue weighted by molar-refractivity contribution is -0.384. The molecule has 2 saturated heterocycles. The second kappa shape index (κ2) is 9.58. The molecular formula is C20H22IN5O5S. The minimum Gasteiger partial charge on any atom is -0.442 e. The molecule has 2 fully saturated rings. The number of halogens is 1. The van der Waals surface area contributed by atoms with E-state index in [1.165, 1.54) is 22.3 Å². The van der Waals surface area contributed by atoms with Crippen LogP contribution < -0.4 is 20.9 Å². The number of nitrogens with zero attached hydrogens (tertiary/aromatic N) is 3. The number of ether oxygens (including phenoxy) is 1. The van der Waals surface area contributed by atoms with Crippen LogP contribution in [0.15, 0.2) is 30.3 Å². The van der Waals surface area contributed by atoms with Crippen LogP contribution in [-0.4, -0.2) is 55.2 Å². The summed E-state index contributed by atoms with van der Waals surface area (Å²) in [4.78, 5) is 40.9. The van der Waals surface area contributed by atoms with Crippen LogP contribution in [0.25, 0.3) is 0 Å². The monoisotopic (exact) mass is 571 g/mol. The number of anilines is 2. The van der Waals surface area contributed by atoms with Gasteiger partial charge in [-0.3, -0.25) is 19.8 Å². The Balaban J connectivity index is 1.42. The number of hydrogen-bond acceptors (Lipinski definition) is 8. The van der Waals surface area contributed by atoms with Gasteiger partial charge in [-0.1, -0.05) is 22.6 Å². The number of carbonyl (C=O) groups excluding carboxylic acids is 2. The molecule has 2 aromatic rings. The first-order chi connectivity index (χ1) is 15.4. The van der Waals surface area contributed by atoms with Gasteiger partial charge in [-0.15, -0.1) is 11.3 Å². The smallest absolute Gasteiger partial charge is 0.414 e. The molecule has 10 nitrogen and oxygen atoms in total. The molecule has 4 rings (SSSR count). The number of nitrogens with one attached hydrogen (secondary N) is 1. The molecule has 0 radical (unpaired) electrons. The Labute approximate surface area is 202 Å². The van der Waals surface area contributed by atoms with Crippen molar-refractivity contribution in [3.8, 4) is 0 Å². The van der Waals surface area contributed by atoms with Crippen LogP contribution in [0.4, 0.5) is 21.9 Å². The maximum atomic E-state index is 12.4. The molecule has 2 amide bonds. The highest BCUT2D eigenvalue weighted by Gasteiger charge is 2.34. The van der Waals surface area contributed by atoms with E-state index in [-0.39, 0.29) is 30.7 Å². The molecule has 1 aromatic heterocycles. The number of cyclic esters (lactones) is 1. The fourth-order valence-electron chi connectivity index (χ4n) is 3.80. The highest BCUT2D eigenvalue weighted by molar-refractivity contribution is 14.1. The molecule has 0 saturated carbocycles. The van der Waals surface area contributed by atoms with Crippen molar-refractivity contribution in [2.45, 2.75) is 23.0 Å². The van der Waals surface area contributed by atoms with Crippen molar-refractivity contribution < 1.29 is 19.2 Å². The summed E-state index contributed by atoms with van der Waals surface area (Å²) in [5, 5.41) is 14.5. The van der Waals surface area contributed by atoms with Crippen LogP contribution in [0.2, 0.25) is 0 Å². The molecule has 2 atom stereocenters. The highest BCUT2D eigenvalue weighted by Crippen LogP contribution is 2.35. The minimum atomic E-state index is -0.599. The molecule has 32 heavy (non-hydrogen) atoms. The number of alkyl halides is 1. The number of thiophene rings is 1. The Hall–Kier alpha value is -2.45. The lowest BCUT2D eigenvalue weighted by Crippen LogP contribution is -2.34. The number of carbonyl (C=O) groups is 2.